The molecule has 1 N–H and O–H groups in total. The van der Waals surface area contributed by atoms with Gasteiger partial charge in [0.15, 0.2) is 0 Å². The van der Waals surface area contributed by atoms with Crippen molar-refractivity contribution in [1.29, 1.82) is 0 Å². The minimum Gasteiger partial charge on any atom is -0.337 e. The van der Waals surface area contributed by atoms with Crippen LogP contribution in [0.5, 0.6) is 0 Å². The van der Waals surface area contributed by atoms with Crippen LogP contribution >= 0.6 is 11.6 Å². The summed E-state index contributed by atoms with van der Waals surface area (Å²) >= 11 is 5.80. The first kappa shape index (κ1) is 11.7. The Morgan fingerprint density at radius 1 is 1.41 bits per heavy atom. The highest BCUT2D eigenvalue weighted by Gasteiger charge is 2.12. The summed E-state index contributed by atoms with van der Waals surface area (Å²) in [6.07, 6.45) is 3.10. The third-order valence-corrected chi connectivity index (χ3v) is 2.68. The summed E-state index contributed by atoms with van der Waals surface area (Å²) in [4.78, 5) is 13.5. The molecule has 0 bridgehead atoms. The van der Waals surface area contributed by atoms with Crippen molar-refractivity contribution in [3.05, 3.63) is 52.8 Å². The fourth-order valence-electron chi connectivity index (χ4n) is 1.52. The number of amides is 1. The third-order valence-electron chi connectivity index (χ3n) is 2.42. The molecular formula is C12H12ClN3O. The molecule has 2 aromatic rings. The van der Waals surface area contributed by atoms with Crippen molar-refractivity contribution in [3.63, 3.8) is 0 Å². The molecule has 17 heavy (non-hydrogen) atoms. The first-order valence-corrected chi connectivity index (χ1v) is 5.53. The fraction of sp³-hybridized carbons (Fsp3) is 0.167. The molecule has 1 aromatic heterocycles. The van der Waals surface area contributed by atoms with Crippen LogP contribution in [0.4, 0.5) is 0 Å². The molecule has 0 saturated carbocycles. The van der Waals surface area contributed by atoms with E-state index in [0.29, 0.717) is 17.1 Å². The number of nitrogens with zero attached hydrogens (tertiary/aromatic N) is 2. The van der Waals surface area contributed by atoms with Gasteiger partial charge in [0.1, 0.15) is 0 Å². The van der Waals surface area contributed by atoms with Gasteiger partial charge >= 0.3 is 0 Å². The van der Waals surface area contributed by atoms with Crippen LogP contribution in [0.25, 0.3) is 0 Å². The van der Waals surface area contributed by atoms with Crippen molar-refractivity contribution in [2.45, 2.75) is 6.54 Å². The van der Waals surface area contributed by atoms with E-state index in [1.165, 1.54) is 6.20 Å². The van der Waals surface area contributed by atoms with Gasteiger partial charge in [0.2, 0.25) is 0 Å². The van der Waals surface area contributed by atoms with E-state index in [1.807, 2.05) is 24.3 Å². The Kier molecular flexibility index (Phi) is 3.44. The van der Waals surface area contributed by atoms with Crippen LogP contribution in [-0.4, -0.2) is 28.1 Å². The molecule has 1 heterocycles. The number of nitrogens with one attached hydrogen (secondary N) is 1. The predicted octanol–water partition coefficient (Wildman–Crippen LogP) is 2.34. The van der Waals surface area contributed by atoms with Crippen molar-refractivity contribution in [1.82, 2.24) is 15.1 Å². The van der Waals surface area contributed by atoms with Gasteiger partial charge in [-0.1, -0.05) is 23.7 Å². The molecule has 0 aliphatic rings. The number of hydrogen-bond acceptors (Lipinski definition) is 2. The Morgan fingerprint density at radius 2 is 2.12 bits per heavy atom. The number of carbonyl (C=O) groups is 1. The largest absolute Gasteiger partial charge is 0.337 e. The van der Waals surface area contributed by atoms with Crippen LogP contribution in [0.1, 0.15) is 15.9 Å². The quantitative estimate of drug-likeness (QED) is 0.908. The highest BCUT2D eigenvalue weighted by molar-refractivity contribution is 6.30. The van der Waals surface area contributed by atoms with Gasteiger partial charge in [0.05, 0.1) is 11.8 Å². The van der Waals surface area contributed by atoms with Crippen LogP contribution in [0, 0.1) is 0 Å². The maximum atomic E-state index is 11.9. The van der Waals surface area contributed by atoms with Gasteiger partial charge in [-0.3, -0.25) is 9.89 Å². The van der Waals surface area contributed by atoms with Crippen LogP contribution in [-0.2, 0) is 6.54 Å². The zero-order chi connectivity index (χ0) is 12.3. The fourth-order valence-corrected chi connectivity index (χ4v) is 1.65. The van der Waals surface area contributed by atoms with Gasteiger partial charge in [-0.05, 0) is 17.7 Å². The number of aromatic amines is 1. The average Bonchev–Trinajstić information content (AvgIpc) is 2.84. The van der Waals surface area contributed by atoms with Crippen molar-refractivity contribution in [3.8, 4) is 0 Å². The summed E-state index contributed by atoms with van der Waals surface area (Å²) in [6, 6.07) is 7.43. The average molecular weight is 250 g/mol. The summed E-state index contributed by atoms with van der Waals surface area (Å²) < 4.78 is 0. The SMILES string of the molecule is CN(Cc1ccc(Cl)cc1)C(=O)c1cn[nH]c1. The van der Waals surface area contributed by atoms with Crippen molar-refractivity contribution in [2.75, 3.05) is 7.05 Å². The first-order chi connectivity index (χ1) is 8.16. The van der Waals surface area contributed by atoms with Crippen molar-refractivity contribution in [2.24, 2.45) is 0 Å². The number of rotatable bonds is 3. The van der Waals surface area contributed by atoms with Crippen LogP contribution in [0.15, 0.2) is 36.7 Å². The van der Waals surface area contributed by atoms with E-state index in [-0.39, 0.29) is 5.91 Å². The zero-order valence-electron chi connectivity index (χ0n) is 9.35. The van der Waals surface area contributed by atoms with Gasteiger partial charge in [-0.25, -0.2) is 0 Å². The Hall–Kier alpha value is -1.81. The van der Waals surface area contributed by atoms with Gasteiger partial charge in [-0.2, -0.15) is 5.10 Å². The highest BCUT2D eigenvalue weighted by atomic mass is 35.5. The summed E-state index contributed by atoms with van der Waals surface area (Å²) in [5.41, 5.74) is 1.59. The molecule has 1 aromatic carbocycles. The number of aromatic nitrogens is 2. The molecule has 0 spiro atoms. The maximum absolute atomic E-state index is 11.9. The second-order valence-electron chi connectivity index (χ2n) is 3.77. The Morgan fingerprint density at radius 3 is 2.71 bits per heavy atom. The Balaban J connectivity index is 2.04. The smallest absolute Gasteiger partial charge is 0.257 e. The second-order valence-corrected chi connectivity index (χ2v) is 4.21. The van der Waals surface area contributed by atoms with Gasteiger partial charge in [0, 0.05) is 24.8 Å². The molecule has 0 saturated heterocycles. The maximum Gasteiger partial charge on any atom is 0.257 e. The molecular weight excluding hydrogens is 238 g/mol. The molecule has 0 aliphatic carbocycles. The molecule has 0 unspecified atom stereocenters. The van der Waals surface area contributed by atoms with Crippen LogP contribution in [0.3, 0.4) is 0 Å². The van der Waals surface area contributed by atoms with Gasteiger partial charge < -0.3 is 4.90 Å². The van der Waals surface area contributed by atoms with E-state index in [2.05, 4.69) is 10.2 Å². The molecule has 0 radical (unpaired) electrons. The molecule has 1 amide bonds. The van der Waals surface area contributed by atoms with Crippen molar-refractivity contribution >= 4 is 17.5 Å². The predicted molar refractivity (Wildman–Crippen MR) is 65.8 cm³/mol. The standard InChI is InChI=1S/C12H12ClN3O/c1-16(12(17)10-6-14-15-7-10)8-9-2-4-11(13)5-3-9/h2-7H,8H2,1H3,(H,14,15). The van der Waals surface area contributed by atoms with E-state index in [4.69, 9.17) is 11.6 Å². The summed E-state index contributed by atoms with van der Waals surface area (Å²) in [6.45, 7) is 0.543. The lowest BCUT2D eigenvalue weighted by Gasteiger charge is -2.16. The van der Waals surface area contributed by atoms with Crippen LogP contribution < -0.4 is 0 Å². The van der Waals surface area contributed by atoms with Crippen LogP contribution in [0.2, 0.25) is 5.02 Å². The Bertz CT molecular complexity index is 493. The summed E-state index contributed by atoms with van der Waals surface area (Å²) in [5, 5.41) is 7.07. The summed E-state index contributed by atoms with van der Waals surface area (Å²) in [5.74, 6) is -0.0614. The number of H-pyrrole nitrogens is 1. The highest BCUT2D eigenvalue weighted by Crippen LogP contribution is 2.12. The van der Waals surface area contributed by atoms with E-state index < -0.39 is 0 Å². The number of carbonyl (C=O) groups excluding carboxylic acids is 1. The second kappa shape index (κ2) is 5.01. The van der Waals surface area contributed by atoms with Gasteiger partial charge in [0.25, 0.3) is 5.91 Å². The molecule has 4 nitrogen and oxygen atoms in total. The first-order valence-electron chi connectivity index (χ1n) is 5.15. The zero-order valence-corrected chi connectivity index (χ0v) is 10.1. The minimum atomic E-state index is -0.0614. The number of halogens is 1. The lowest BCUT2D eigenvalue weighted by Crippen LogP contribution is -2.25. The monoisotopic (exact) mass is 249 g/mol. The lowest BCUT2D eigenvalue weighted by atomic mass is 10.2. The van der Waals surface area contributed by atoms with Crippen molar-refractivity contribution < 1.29 is 4.79 Å². The van der Waals surface area contributed by atoms with E-state index in [0.717, 1.165) is 5.56 Å². The molecule has 0 aliphatic heterocycles. The molecule has 88 valence electrons. The lowest BCUT2D eigenvalue weighted by molar-refractivity contribution is 0.0785. The molecule has 5 heteroatoms. The number of hydrogen-bond donors (Lipinski definition) is 1. The molecule has 2 rings (SSSR count). The molecule has 0 atom stereocenters. The van der Waals surface area contributed by atoms with Gasteiger partial charge in [-0.15, -0.1) is 0 Å². The summed E-state index contributed by atoms with van der Waals surface area (Å²) in [7, 11) is 1.75. The third kappa shape index (κ3) is 2.85. The van der Waals surface area contributed by atoms with E-state index in [9.17, 15) is 4.79 Å². The topological polar surface area (TPSA) is 49.0 Å². The van der Waals surface area contributed by atoms with E-state index in [1.54, 1.807) is 18.1 Å². The van der Waals surface area contributed by atoms with E-state index >= 15 is 0 Å². The molecule has 0 fully saturated rings. The number of benzene rings is 1. The minimum absolute atomic E-state index is 0.0614. The normalized spacial score (nSPS) is 10.2. The Labute approximate surface area is 104 Å².